The summed E-state index contributed by atoms with van der Waals surface area (Å²) in [5, 5.41) is 19.4. The zero-order chi connectivity index (χ0) is 34.3. The van der Waals surface area contributed by atoms with Gasteiger partial charge in [0.25, 0.3) is 0 Å². The number of esters is 1. The molecule has 0 aliphatic heterocycles. The van der Waals surface area contributed by atoms with Crippen LogP contribution in [0.1, 0.15) is 70.3 Å². The molecule has 0 saturated carbocycles. The Morgan fingerprint density at radius 1 is 0.761 bits per heavy atom. The summed E-state index contributed by atoms with van der Waals surface area (Å²) in [4.78, 5) is 76.2. The van der Waals surface area contributed by atoms with Gasteiger partial charge in [0.15, 0.2) is 0 Å². The van der Waals surface area contributed by atoms with Gasteiger partial charge in [0.1, 0.15) is 30.8 Å². The van der Waals surface area contributed by atoms with Gasteiger partial charge >= 0.3 is 5.97 Å². The van der Waals surface area contributed by atoms with E-state index < -0.39 is 79.4 Å². The highest BCUT2D eigenvalue weighted by Gasteiger charge is 2.31. The van der Waals surface area contributed by atoms with Crippen molar-refractivity contribution >= 4 is 35.5 Å². The van der Waals surface area contributed by atoms with Crippen LogP contribution in [0.2, 0.25) is 0 Å². The molecule has 258 valence electrons. The van der Waals surface area contributed by atoms with E-state index in [4.69, 9.17) is 21.9 Å². The molecule has 5 amide bonds. The first-order valence-electron chi connectivity index (χ1n) is 15.8. The SMILES string of the molecule is CCCCCCCC(=O)OCC(NC(=O)[C@H](CO)NC(=O)CN)C(=O)N[C@@H](Cc1ccccc1)C(=O)N[C@@H](CCCCN)C(N)=O. The highest BCUT2D eigenvalue weighted by Crippen LogP contribution is 2.08. The predicted octanol–water partition coefficient (Wildman–Crippen LogP) is -1.36. The van der Waals surface area contributed by atoms with Crippen LogP contribution in [0.5, 0.6) is 0 Å². The van der Waals surface area contributed by atoms with Crippen LogP contribution in [0.3, 0.4) is 0 Å². The largest absolute Gasteiger partial charge is 0.463 e. The number of hydrogen-bond donors (Lipinski definition) is 8. The minimum Gasteiger partial charge on any atom is -0.463 e. The molecule has 1 aromatic rings. The molecule has 0 heterocycles. The van der Waals surface area contributed by atoms with Gasteiger partial charge in [-0.25, -0.2) is 0 Å². The van der Waals surface area contributed by atoms with Crippen molar-refractivity contribution in [3.8, 4) is 0 Å². The second-order valence-corrected chi connectivity index (χ2v) is 10.9. The lowest BCUT2D eigenvalue weighted by atomic mass is 10.0. The highest BCUT2D eigenvalue weighted by molar-refractivity contribution is 5.95. The van der Waals surface area contributed by atoms with E-state index in [2.05, 4.69) is 28.2 Å². The number of hydrogen-bond acceptors (Lipinski definition) is 10. The Bertz CT molecular complexity index is 1110. The van der Waals surface area contributed by atoms with Crippen LogP contribution < -0.4 is 38.5 Å². The van der Waals surface area contributed by atoms with E-state index in [1.807, 2.05) is 0 Å². The number of amides is 5. The second kappa shape index (κ2) is 23.3. The van der Waals surface area contributed by atoms with Gasteiger partial charge in [0.2, 0.25) is 29.5 Å². The molecule has 0 saturated heterocycles. The van der Waals surface area contributed by atoms with Gasteiger partial charge in [-0.15, -0.1) is 0 Å². The standard InChI is InChI=1S/C31H51N7O8/c1-2-3-4-5-9-15-27(41)46-20-25(38-30(44)24(19-39)35-26(40)18-33)31(45)37-23(17-21-12-7-6-8-13-21)29(43)36-22(28(34)42)14-10-11-16-32/h6-8,12-13,22-25,39H,2-5,9-11,14-20,32-33H2,1H3,(H2,34,42)(H,35,40)(H,36,43)(H,37,45)(H,38,44)/t22-,23-,24-,25?/m0/s1. The van der Waals surface area contributed by atoms with Gasteiger partial charge < -0.3 is 48.3 Å². The molecule has 0 aliphatic rings. The Balaban J connectivity index is 3.18. The van der Waals surface area contributed by atoms with E-state index in [-0.39, 0.29) is 19.3 Å². The lowest BCUT2D eigenvalue weighted by molar-refractivity contribution is -0.147. The van der Waals surface area contributed by atoms with E-state index in [0.717, 1.165) is 25.7 Å². The monoisotopic (exact) mass is 649 g/mol. The predicted molar refractivity (Wildman–Crippen MR) is 170 cm³/mol. The van der Waals surface area contributed by atoms with Crippen molar-refractivity contribution in [1.82, 2.24) is 21.3 Å². The number of rotatable bonds is 24. The third-order valence-electron chi connectivity index (χ3n) is 7.07. The molecule has 0 bridgehead atoms. The Morgan fingerprint density at radius 3 is 1.98 bits per heavy atom. The third-order valence-corrected chi connectivity index (χ3v) is 7.07. The van der Waals surface area contributed by atoms with Crippen LogP contribution >= 0.6 is 0 Å². The second-order valence-electron chi connectivity index (χ2n) is 10.9. The summed E-state index contributed by atoms with van der Waals surface area (Å²) in [5.41, 5.74) is 17.0. The zero-order valence-electron chi connectivity index (χ0n) is 26.6. The fourth-order valence-electron chi connectivity index (χ4n) is 4.41. The number of nitrogens with two attached hydrogens (primary N) is 3. The van der Waals surface area contributed by atoms with Crippen LogP contribution in [0.15, 0.2) is 30.3 Å². The average Bonchev–Trinajstić information content (AvgIpc) is 3.04. The van der Waals surface area contributed by atoms with E-state index >= 15 is 0 Å². The first-order valence-corrected chi connectivity index (χ1v) is 15.8. The molecule has 0 aliphatic carbocycles. The molecule has 1 aromatic carbocycles. The number of benzene rings is 1. The van der Waals surface area contributed by atoms with Crippen molar-refractivity contribution in [2.75, 3.05) is 26.3 Å². The van der Waals surface area contributed by atoms with Gasteiger partial charge in [-0.3, -0.25) is 28.8 Å². The smallest absolute Gasteiger partial charge is 0.305 e. The molecule has 0 aromatic heterocycles. The molecule has 0 spiro atoms. The summed E-state index contributed by atoms with van der Waals surface area (Å²) in [6.45, 7) is 0.635. The topological polar surface area (TPSA) is 258 Å². The van der Waals surface area contributed by atoms with Crippen molar-refractivity contribution in [1.29, 1.82) is 0 Å². The number of nitrogens with one attached hydrogen (secondary N) is 4. The van der Waals surface area contributed by atoms with Crippen molar-refractivity contribution in [2.45, 2.75) is 95.3 Å². The third kappa shape index (κ3) is 16.3. The Labute approximate surface area is 270 Å². The minimum atomic E-state index is -1.51. The van der Waals surface area contributed by atoms with Crippen molar-refractivity contribution in [3.63, 3.8) is 0 Å². The molecule has 4 atom stereocenters. The number of unbranched alkanes of at least 4 members (excludes halogenated alkanes) is 5. The quantitative estimate of drug-likeness (QED) is 0.0482. The first-order chi connectivity index (χ1) is 22.1. The van der Waals surface area contributed by atoms with Gasteiger partial charge in [-0.05, 0) is 37.8 Å². The maximum atomic E-state index is 13.6. The van der Waals surface area contributed by atoms with Crippen molar-refractivity contribution in [3.05, 3.63) is 35.9 Å². The van der Waals surface area contributed by atoms with Crippen LogP contribution in [-0.4, -0.2) is 91.1 Å². The average molecular weight is 650 g/mol. The van der Waals surface area contributed by atoms with Crippen molar-refractivity contribution < 1.29 is 38.6 Å². The number of aliphatic hydroxyl groups is 1. The van der Waals surface area contributed by atoms with Gasteiger partial charge in [-0.1, -0.05) is 62.9 Å². The molecule has 0 radical (unpaired) electrons. The van der Waals surface area contributed by atoms with Crippen LogP contribution in [0, 0.1) is 0 Å². The summed E-state index contributed by atoms with van der Waals surface area (Å²) in [6.07, 6.45) is 5.98. The van der Waals surface area contributed by atoms with Crippen LogP contribution in [0.4, 0.5) is 0 Å². The molecule has 1 unspecified atom stereocenters. The number of carbonyl (C=O) groups is 6. The normalized spacial score (nSPS) is 13.4. The van der Waals surface area contributed by atoms with Gasteiger partial charge in [-0.2, -0.15) is 0 Å². The van der Waals surface area contributed by atoms with Crippen LogP contribution in [0.25, 0.3) is 0 Å². The Kier molecular flexibility index (Phi) is 20.2. The molecule has 11 N–H and O–H groups in total. The number of ether oxygens (including phenoxy) is 1. The number of aliphatic hydroxyl groups excluding tert-OH is 1. The molecular weight excluding hydrogens is 598 g/mol. The molecule has 1 rings (SSSR count). The van der Waals surface area contributed by atoms with E-state index in [1.165, 1.54) is 0 Å². The fraction of sp³-hybridized carbons (Fsp3) is 0.613. The van der Waals surface area contributed by atoms with E-state index in [0.29, 0.717) is 31.4 Å². The van der Waals surface area contributed by atoms with E-state index in [9.17, 15) is 33.9 Å². The molecule has 15 nitrogen and oxygen atoms in total. The zero-order valence-corrected chi connectivity index (χ0v) is 26.6. The Morgan fingerprint density at radius 2 is 1.37 bits per heavy atom. The summed E-state index contributed by atoms with van der Waals surface area (Å²) in [5.74, 6) is -4.60. The lowest BCUT2D eigenvalue weighted by Gasteiger charge is -2.26. The molecule has 0 fully saturated rings. The summed E-state index contributed by atoms with van der Waals surface area (Å²) >= 11 is 0. The molecule has 46 heavy (non-hydrogen) atoms. The van der Waals surface area contributed by atoms with E-state index in [1.54, 1.807) is 30.3 Å². The number of primary amides is 1. The maximum Gasteiger partial charge on any atom is 0.305 e. The fourth-order valence-corrected chi connectivity index (χ4v) is 4.41. The summed E-state index contributed by atoms with van der Waals surface area (Å²) in [7, 11) is 0. The molecule has 15 heteroatoms. The molecular formula is C31H51N7O8. The maximum absolute atomic E-state index is 13.6. The van der Waals surface area contributed by atoms with Crippen LogP contribution in [-0.2, 0) is 39.9 Å². The van der Waals surface area contributed by atoms with Gasteiger partial charge in [0.05, 0.1) is 13.2 Å². The summed E-state index contributed by atoms with van der Waals surface area (Å²) in [6, 6.07) is 3.56. The highest BCUT2D eigenvalue weighted by atomic mass is 16.5. The van der Waals surface area contributed by atoms with Gasteiger partial charge in [0, 0.05) is 12.8 Å². The van der Waals surface area contributed by atoms with Crippen molar-refractivity contribution in [2.24, 2.45) is 17.2 Å². The minimum absolute atomic E-state index is 0.0106. The summed E-state index contributed by atoms with van der Waals surface area (Å²) < 4.78 is 5.30. The number of carbonyl (C=O) groups excluding carboxylic acids is 6. The first kappa shape index (κ1) is 39.9. The Hall–Kier alpha value is -4.08. The lowest BCUT2D eigenvalue weighted by Crippen LogP contribution is -2.60.